The Hall–Kier alpha value is -1.26. The third-order valence-electron chi connectivity index (χ3n) is 2.54. The molecule has 2 aromatic rings. The average Bonchev–Trinajstić information content (AvgIpc) is 2.76. The van der Waals surface area contributed by atoms with Crippen LogP contribution in [-0.2, 0) is 4.74 Å². The van der Waals surface area contributed by atoms with Crippen molar-refractivity contribution in [1.29, 1.82) is 0 Å². The van der Waals surface area contributed by atoms with E-state index < -0.39 is 0 Å². The van der Waals surface area contributed by atoms with E-state index in [1.165, 1.54) is 0 Å². The first-order valence-electron chi connectivity index (χ1n) is 5.38. The van der Waals surface area contributed by atoms with Gasteiger partial charge in [-0.3, -0.25) is 0 Å². The van der Waals surface area contributed by atoms with E-state index in [0.717, 1.165) is 16.8 Å². The molecule has 2 rings (SSSR count). The number of pyridine rings is 1. The maximum absolute atomic E-state index is 6.13. The summed E-state index contributed by atoms with van der Waals surface area (Å²) in [6.45, 7) is 1.19. The van der Waals surface area contributed by atoms with Gasteiger partial charge in [0.05, 0.1) is 23.6 Å². The summed E-state index contributed by atoms with van der Waals surface area (Å²) in [5, 5.41) is 0.935. The predicted octanol–water partition coefficient (Wildman–Crippen LogP) is 2.52. The maximum Gasteiger partial charge on any atom is 0.139 e. The summed E-state index contributed by atoms with van der Waals surface area (Å²) in [6, 6.07) is 3.76. The molecule has 1 unspecified atom stereocenters. The van der Waals surface area contributed by atoms with E-state index in [2.05, 4.69) is 4.98 Å². The number of anilines is 1. The molecule has 0 saturated heterocycles. The summed E-state index contributed by atoms with van der Waals surface area (Å²) < 4.78 is 10.4. The van der Waals surface area contributed by atoms with Crippen LogP contribution in [0.1, 0.15) is 0 Å². The van der Waals surface area contributed by atoms with E-state index in [1.54, 1.807) is 19.6 Å². The minimum atomic E-state index is -0.0612. The molecule has 0 saturated carbocycles. The van der Waals surface area contributed by atoms with Gasteiger partial charge in [0, 0.05) is 26.9 Å². The number of alkyl halides is 1. The number of hydrogen-bond acceptors (Lipinski definition) is 4. The van der Waals surface area contributed by atoms with Crippen molar-refractivity contribution >= 4 is 28.4 Å². The van der Waals surface area contributed by atoms with Crippen LogP contribution < -0.4 is 4.90 Å². The van der Waals surface area contributed by atoms with Crippen LogP contribution in [0.3, 0.4) is 0 Å². The molecule has 0 aliphatic carbocycles. The highest BCUT2D eigenvalue weighted by Crippen LogP contribution is 2.24. The monoisotopic (exact) mass is 254 g/mol. The molecule has 2 aromatic heterocycles. The third kappa shape index (κ3) is 2.70. The number of furan rings is 1. The number of methoxy groups -OCH3 is 1. The van der Waals surface area contributed by atoms with Crippen molar-refractivity contribution in [2.75, 3.05) is 32.2 Å². The lowest BCUT2D eigenvalue weighted by Crippen LogP contribution is -2.29. The summed E-state index contributed by atoms with van der Waals surface area (Å²) in [6.07, 6.45) is 3.40. The number of nitrogens with zero attached hydrogens (tertiary/aromatic N) is 2. The first-order valence-corrected chi connectivity index (χ1v) is 5.82. The second-order valence-corrected chi connectivity index (χ2v) is 4.52. The highest BCUT2D eigenvalue weighted by Gasteiger charge is 2.13. The van der Waals surface area contributed by atoms with Crippen LogP contribution in [0.5, 0.6) is 0 Å². The third-order valence-corrected chi connectivity index (χ3v) is 2.80. The Kier molecular flexibility index (Phi) is 3.86. The summed E-state index contributed by atoms with van der Waals surface area (Å²) in [5.41, 5.74) is 0.833. The molecule has 5 heteroatoms. The smallest absolute Gasteiger partial charge is 0.139 e. The van der Waals surface area contributed by atoms with Crippen molar-refractivity contribution in [3.8, 4) is 0 Å². The fourth-order valence-electron chi connectivity index (χ4n) is 1.80. The van der Waals surface area contributed by atoms with Crippen LogP contribution in [0, 0.1) is 0 Å². The second-order valence-electron chi connectivity index (χ2n) is 3.90. The molecule has 0 fully saturated rings. The molecule has 0 radical (unpaired) electrons. The van der Waals surface area contributed by atoms with E-state index in [4.69, 9.17) is 20.8 Å². The zero-order valence-electron chi connectivity index (χ0n) is 9.89. The van der Waals surface area contributed by atoms with Crippen LogP contribution in [0.25, 0.3) is 11.0 Å². The summed E-state index contributed by atoms with van der Waals surface area (Å²) in [7, 11) is 3.60. The lowest BCUT2D eigenvalue weighted by Gasteiger charge is -2.21. The number of fused-ring (bicyclic) bond motifs is 1. The molecule has 0 N–H and O–H groups in total. The maximum atomic E-state index is 6.13. The number of ether oxygens (including phenoxy) is 1. The standard InChI is InChI=1S/C12H15ClN2O2/c1-15(7-9(13)8-16-2)12-10-4-6-17-11(10)3-5-14-12/h3-6,9H,7-8H2,1-2H3. The lowest BCUT2D eigenvalue weighted by atomic mass is 10.3. The molecule has 0 amide bonds. The minimum Gasteiger partial charge on any atom is -0.464 e. The van der Waals surface area contributed by atoms with Crippen LogP contribution in [0.15, 0.2) is 29.0 Å². The fourth-order valence-corrected chi connectivity index (χ4v) is 2.13. The highest BCUT2D eigenvalue weighted by molar-refractivity contribution is 6.21. The highest BCUT2D eigenvalue weighted by atomic mass is 35.5. The number of hydrogen-bond donors (Lipinski definition) is 0. The van der Waals surface area contributed by atoms with Gasteiger partial charge in [0.25, 0.3) is 0 Å². The van der Waals surface area contributed by atoms with E-state index in [0.29, 0.717) is 13.2 Å². The molecule has 0 bridgehead atoms. The molecule has 0 aliphatic heterocycles. The molecule has 0 spiro atoms. The Labute approximate surface area is 105 Å². The molecule has 92 valence electrons. The van der Waals surface area contributed by atoms with Crippen LogP contribution in [0.4, 0.5) is 5.82 Å². The summed E-state index contributed by atoms with van der Waals surface area (Å²) >= 11 is 6.13. The van der Waals surface area contributed by atoms with Gasteiger partial charge in [0.15, 0.2) is 0 Å². The van der Waals surface area contributed by atoms with Gasteiger partial charge in [-0.2, -0.15) is 0 Å². The van der Waals surface area contributed by atoms with Gasteiger partial charge in [0.1, 0.15) is 11.4 Å². The molecular formula is C12H15ClN2O2. The van der Waals surface area contributed by atoms with Crippen molar-refractivity contribution in [3.63, 3.8) is 0 Å². The van der Waals surface area contributed by atoms with Gasteiger partial charge in [-0.15, -0.1) is 11.6 Å². The summed E-state index contributed by atoms with van der Waals surface area (Å²) in [5.74, 6) is 0.873. The molecule has 4 nitrogen and oxygen atoms in total. The van der Waals surface area contributed by atoms with Gasteiger partial charge in [-0.05, 0) is 12.1 Å². The molecule has 1 atom stereocenters. The van der Waals surface area contributed by atoms with E-state index in [1.807, 2.05) is 24.1 Å². The Morgan fingerprint density at radius 1 is 1.53 bits per heavy atom. The van der Waals surface area contributed by atoms with Crippen molar-refractivity contribution in [2.24, 2.45) is 0 Å². The van der Waals surface area contributed by atoms with Gasteiger partial charge < -0.3 is 14.1 Å². The van der Waals surface area contributed by atoms with Crippen molar-refractivity contribution in [1.82, 2.24) is 4.98 Å². The first kappa shape index (κ1) is 12.2. The largest absolute Gasteiger partial charge is 0.464 e. The molecule has 0 aliphatic rings. The SMILES string of the molecule is COCC(Cl)CN(C)c1nccc2occc12. The van der Waals surface area contributed by atoms with E-state index >= 15 is 0 Å². The van der Waals surface area contributed by atoms with Crippen molar-refractivity contribution < 1.29 is 9.15 Å². The second kappa shape index (κ2) is 5.38. The van der Waals surface area contributed by atoms with Crippen LogP contribution in [0.2, 0.25) is 0 Å². The Morgan fingerprint density at radius 3 is 3.12 bits per heavy atom. The van der Waals surface area contributed by atoms with Crippen LogP contribution in [-0.4, -0.2) is 37.7 Å². The van der Waals surface area contributed by atoms with Gasteiger partial charge >= 0.3 is 0 Å². The molecule has 17 heavy (non-hydrogen) atoms. The Balaban J connectivity index is 2.18. The number of halogens is 1. The van der Waals surface area contributed by atoms with Gasteiger partial charge in [-0.1, -0.05) is 0 Å². The number of aromatic nitrogens is 1. The van der Waals surface area contributed by atoms with Gasteiger partial charge in [-0.25, -0.2) is 4.98 Å². The molecular weight excluding hydrogens is 240 g/mol. The zero-order chi connectivity index (χ0) is 12.3. The fraction of sp³-hybridized carbons (Fsp3) is 0.417. The van der Waals surface area contributed by atoms with E-state index in [9.17, 15) is 0 Å². The van der Waals surface area contributed by atoms with Crippen LogP contribution >= 0.6 is 11.6 Å². The van der Waals surface area contributed by atoms with E-state index in [-0.39, 0.29) is 5.38 Å². The number of rotatable bonds is 5. The normalized spacial score (nSPS) is 12.9. The molecule has 0 aromatic carbocycles. The summed E-state index contributed by atoms with van der Waals surface area (Å²) in [4.78, 5) is 6.37. The van der Waals surface area contributed by atoms with Gasteiger partial charge in [0.2, 0.25) is 0 Å². The first-order chi connectivity index (χ1) is 8.22. The average molecular weight is 255 g/mol. The predicted molar refractivity (Wildman–Crippen MR) is 68.8 cm³/mol. The quantitative estimate of drug-likeness (QED) is 0.769. The van der Waals surface area contributed by atoms with Crippen molar-refractivity contribution in [3.05, 3.63) is 24.6 Å². The minimum absolute atomic E-state index is 0.0612. The Morgan fingerprint density at radius 2 is 2.35 bits per heavy atom. The molecule has 2 heterocycles. The topological polar surface area (TPSA) is 38.5 Å². The Bertz CT molecular complexity index is 486. The lowest BCUT2D eigenvalue weighted by molar-refractivity contribution is 0.199. The zero-order valence-corrected chi connectivity index (χ0v) is 10.6. The van der Waals surface area contributed by atoms with Crippen molar-refractivity contribution in [2.45, 2.75) is 5.38 Å².